The molecule has 2 heterocycles. The Morgan fingerprint density at radius 1 is 1.23 bits per heavy atom. The van der Waals surface area contributed by atoms with Gasteiger partial charge in [-0.25, -0.2) is 13.1 Å². The van der Waals surface area contributed by atoms with Gasteiger partial charge in [-0.3, -0.25) is 9.59 Å². The van der Waals surface area contributed by atoms with Crippen molar-refractivity contribution in [1.29, 1.82) is 0 Å². The van der Waals surface area contributed by atoms with Crippen LogP contribution in [0.5, 0.6) is 0 Å². The Morgan fingerprint density at radius 3 is 2.51 bits per heavy atom. The number of rotatable bonds is 6. The number of carbonyl (C=O) groups is 2. The van der Waals surface area contributed by atoms with E-state index in [4.69, 9.17) is 11.6 Å². The van der Waals surface area contributed by atoms with Gasteiger partial charge in [-0.15, -0.1) is 0 Å². The Balaban J connectivity index is 1.76. The molecule has 0 aliphatic carbocycles. The van der Waals surface area contributed by atoms with Crippen molar-refractivity contribution in [3.63, 3.8) is 0 Å². The molecule has 1 saturated heterocycles. The molecule has 0 unspecified atom stereocenters. The molecule has 2 N–H and O–H groups in total. The van der Waals surface area contributed by atoms with Gasteiger partial charge in [0.15, 0.2) is 0 Å². The molecule has 0 spiro atoms. The standard InChI is InChI=1S/C24H25ClFN5O3S/c1-13(2)14-7-5-6-8-16(14)24(11-31(12-24)23-29-22(34)30(4)35-23)21(33)28-19-10-18(26)17(25)9-15(19)20(32)27-3/h5-10,13H,11-12H2,1-4H3,(H,27,32)(H,28,33). The molecule has 4 rings (SSSR count). The van der Waals surface area contributed by atoms with Gasteiger partial charge in [0.05, 0.1) is 16.3 Å². The number of amides is 2. The summed E-state index contributed by atoms with van der Waals surface area (Å²) in [6.07, 6.45) is 0. The maximum Gasteiger partial charge on any atom is 0.359 e. The molecule has 1 fully saturated rings. The number of hydrogen-bond donors (Lipinski definition) is 2. The number of anilines is 2. The molecular formula is C24H25ClFN5O3S. The molecular weight excluding hydrogens is 493 g/mol. The van der Waals surface area contributed by atoms with Gasteiger partial charge < -0.3 is 15.5 Å². The molecule has 2 amide bonds. The van der Waals surface area contributed by atoms with Crippen molar-refractivity contribution >= 4 is 45.8 Å². The Bertz CT molecular complexity index is 1360. The Hall–Kier alpha value is -3.24. The molecule has 0 saturated carbocycles. The zero-order chi connectivity index (χ0) is 25.5. The number of benzene rings is 2. The monoisotopic (exact) mass is 517 g/mol. The summed E-state index contributed by atoms with van der Waals surface area (Å²) < 4.78 is 15.7. The van der Waals surface area contributed by atoms with Crippen LogP contribution in [0.15, 0.2) is 41.2 Å². The van der Waals surface area contributed by atoms with Gasteiger partial charge in [0, 0.05) is 27.2 Å². The molecule has 1 aliphatic rings. The molecule has 35 heavy (non-hydrogen) atoms. The molecule has 0 radical (unpaired) electrons. The predicted octanol–water partition coefficient (Wildman–Crippen LogP) is 3.51. The van der Waals surface area contributed by atoms with E-state index < -0.39 is 23.0 Å². The third kappa shape index (κ3) is 4.43. The Labute approximate surface area is 210 Å². The molecule has 8 nitrogen and oxygen atoms in total. The van der Waals surface area contributed by atoms with Gasteiger partial charge in [0.2, 0.25) is 11.0 Å². The highest BCUT2D eigenvalue weighted by atomic mass is 35.5. The first-order chi connectivity index (χ1) is 16.6. The Kier molecular flexibility index (Phi) is 6.70. The van der Waals surface area contributed by atoms with Crippen LogP contribution >= 0.6 is 23.1 Å². The summed E-state index contributed by atoms with van der Waals surface area (Å²) in [6.45, 7) is 4.62. The molecule has 0 atom stereocenters. The van der Waals surface area contributed by atoms with Crippen molar-refractivity contribution in [3.8, 4) is 0 Å². The van der Waals surface area contributed by atoms with Gasteiger partial charge in [0.1, 0.15) is 11.2 Å². The van der Waals surface area contributed by atoms with Crippen LogP contribution in [0.1, 0.15) is 41.3 Å². The second-order valence-electron chi connectivity index (χ2n) is 8.79. The lowest BCUT2D eigenvalue weighted by Crippen LogP contribution is -2.65. The third-order valence-electron chi connectivity index (χ3n) is 6.18. The number of nitrogens with zero attached hydrogens (tertiary/aromatic N) is 3. The van der Waals surface area contributed by atoms with Crippen molar-refractivity contribution in [2.45, 2.75) is 25.2 Å². The average molecular weight is 518 g/mol. The first-order valence-corrected chi connectivity index (χ1v) is 12.1. The smallest absolute Gasteiger partial charge is 0.355 e. The largest absolute Gasteiger partial charge is 0.359 e. The fourth-order valence-electron chi connectivity index (χ4n) is 4.29. The van der Waals surface area contributed by atoms with Gasteiger partial charge in [0.25, 0.3) is 5.91 Å². The normalized spacial score (nSPS) is 14.5. The molecule has 2 aromatic carbocycles. The minimum atomic E-state index is -1.01. The highest BCUT2D eigenvalue weighted by molar-refractivity contribution is 7.10. The van der Waals surface area contributed by atoms with Gasteiger partial charge in [-0.2, -0.15) is 4.98 Å². The molecule has 1 aromatic heterocycles. The quantitative estimate of drug-likeness (QED) is 0.521. The second kappa shape index (κ2) is 9.43. The molecule has 184 valence electrons. The minimum Gasteiger partial charge on any atom is -0.355 e. The van der Waals surface area contributed by atoms with E-state index in [2.05, 4.69) is 15.6 Å². The summed E-state index contributed by atoms with van der Waals surface area (Å²) >= 11 is 7.10. The van der Waals surface area contributed by atoms with Crippen molar-refractivity contribution in [2.24, 2.45) is 7.05 Å². The fourth-order valence-corrected chi connectivity index (χ4v) is 5.18. The van der Waals surface area contributed by atoms with Crippen LogP contribution < -0.4 is 21.2 Å². The van der Waals surface area contributed by atoms with E-state index in [1.54, 1.807) is 7.05 Å². The number of nitrogens with one attached hydrogen (secondary N) is 2. The van der Waals surface area contributed by atoms with Crippen LogP contribution in [0.2, 0.25) is 5.02 Å². The number of aromatic nitrogens is 2. The molecule has 3 aromatic rings. The lowest BCUT2D eigenvalue weighted by molar-refractivity contribution is -0.122. The van der Waals surface area contributed by atoms with E-state index in [-0.39, 0.29) is 41.0 Å². The Morgan fingerprint density at radius 2 is 1.91 bits per heavy atom. The predicted molar refractivity (Wildman–Crippen MR) is 135 cm³/mol. The van der Waals surface area contributed by atoms with Crippen LogP contribution in [0.4, 0.5) is 15.2 Å². The van der Waals surface area contributed by atoms with Crippen LogP contribution in [0.25, 0.3) is 0 Å². The minimum absolute atomic E-state index is 0.0265. The van der Waals surface area contributed by atoms with E-state index >= 15 is 0 Å². The van der Waals surface area contributed by atoms with Crippen molar-refractivity contribution < 1.29 is 14.0 Å². The topological polar surface area (TPSA) is 96.3 Å². The number of halogens is 2. The summed E-state index contributed by atoms with van der Waals surface area (Å²) in [5.74, 6) is -1.51. The summed E-state index contributed by atoms with van der Waals surface area (Å²) in [6, 6.07) is 9.93. The summed E-state index contributed by atoms with van der Waals surface area (Å²) in [5, 5.41) is 5.56. The van der Waals surface area contributed by atoms with E-state index in [9.17, 15) is 18.8 Å². The first kappa shape index (κ1) is 24.9. The fraction of sp³-hybridized carbons (Fsp3) is 0.333. The van der Waals surface area contributed by atoms with Crippen LogP contribution in [-0.2, 0) is 17.3 Å². The third-order valence-corrected chi connectivity index (χ3v) is 7.42. The van der Waals surface area contributed by atoms with E-state index in [0.29, 0.717) is 5.13 Å². The van der Waals surface area contributed by atoms with Crippen molar-refractivity contribution in [1.82, 2.24) is 14.3 Å². The second-order valence-corrected chi connectivity index (χ2v) is 10.3. The first-order valence-electron chi connectivity index (χ1n) is 11.0. The highest BCUT2D eigenvalue weighted by Crippen LogP contribution is 2.42. The van der Waals surface area contributed by atoms with Crippen molar-refractivity contribution in [2.75, 3.05) is 30.4 Å². The maximum atomic E-state index is 14.3. The number of hydrogen-bond acceptors (Lipinski definition) is 6. The van der Waals surface area contributed by atoms with E-state index in [1.165, 1.54) is 28.6 Å². The molecule has 0 bridgehead atoms. The van der Waals surface area contributed by atoms with Gasteiger partial charge in [-0.05, 0) is 40.7 Å². The SMILES string of the molecule is CNC(=O)c1cc(Cl)c(F)cc1NC(=O)C1(c2ccccc2C(C)C)CN(c2nc(=O)n(C)s2)C1. The summed E-state index contributed by atoms with van der Waals surface area (Å²) in [7, 11) is 3.07. The number of carbonyl (C=O) groups excluding carboxylic acids is 2. The summed E-state index contributed by atoms with van der Waals surface area (Å²) in [5.41, 5.74) is 0.552. The van der Waals surface area contributed by atoms with Gasteiger partial charge in [-0.1, -0.05) is 49.7 Å². The molecule has 11 heteroatoms. The lowest BCUT2D eigenvalue weighted by atomic mass is 9.70. The summed E-state index contributed by atoms with van der Waals surface area (Å²) in [4.78, 5) is 44.1. The zero-order valence-electron chi connectivity index (χ0n) is 19.7. The average Bonchev–Trinajstić information content (AvgIpc) is 3.12. The van der Waals surface area contributed by atoms with E-state index in [0.717, 1.165) is 17.2 Å². The van der Waals surface area contributed by atoms with Crippen LogP contribution in [0.3, 0.4) is 0 Å². The zero-order valence-corrected chi connectivity index (χ0v) is 21.3. The van der Waals surface area contributed by atoms with E-state index in [1.807, 2.05) is 43.0 Å². The highest BCUT2D eigenvalue weighted by Gasteiger charge is 2.53. The number of aryl methyl sites for hydroxylation is 1. The van der Waals surface area contributed by atoms with Crippen molar-refractivity contribution in [3.05, 3.63) is 74.4 Å². The van der Waals surface area contributed by atoms with Crippen LogP contribution in [0, 0.1) is 5.82 Å². The maximum absolute atomic E-state index is 14.3. The molecule has 1 aliphatic heterocycles. The lowest BCUT2D eigenvalue weighted by Gasteiger charge is -2.49. The van der Waals surface area contributed by atoms with Gasteiger partial charge >= 0.3 is 5.69 Å². The van der Waals surface area contributed by atoms with Crippen LogP contribution in [-0.4, -0.2) is 40.9 Å².